The Morgan fingerprint density at radius 3 is 1.85 bits per heavy atom. The van der Waals surface area contributed by atoms with E-state index in [-0.39, 0.29) is 12.8 Å². The Labute approximate surface area is 234 Å². The zero-order chi connectivity index (χ0) is 29.5. The van der Waals surface area contributed by atoms with E-state index in [0.29, 0.717) is 5.56 Å². The largest absolute Gasteiger partial charge is 0.480 e. The molecule has 214 valence electrons. The number of carboxylic acids is 1. The molecule has 13 nitrogen and oxygen atoms in total. The van der Waals surface area contributed by atoms with E-state index in [0.717, 1.165) is 27.4 Å². The summed E-state index contributed by atoms with van der Waals surface area (Å²) in [6.07, 6.45) is 3.13. The highest BCUT2D eigenvalue weighted by atomic mass is 16.4. The number of carbonyl (C=O) groups excluding carboxylic acids is 4. The van der Waals surface area contributed by atoms with Crippen LogP contribution in [0.25, 0.3) is 21.8 Å². The predicted octanol–water partition coefficient (Wildman–Crippen LogP) is -0.192. The van der Waals surface area contributed by atoms with Crippen molar-refractivity contribution in [3.63, 3.8) is 0 Å². The van der Waals surface area contributed by atoms with Gasteiger partial charge in [0.2, 0.25) is 23.6 Å². The third-order valence-corrected chi connectivity index (χ3v) is 6.64. The molecule has 4 amide bonds. The summed E-state index contributed by atoms with van der Waals surface area (Å²) in [5.74, 6) is -4.49. The molecule has 3 atom stereocenters. The van der Waals surface area contributed by atoms with Gasteiger partial charge in [-0.1, -0.05) is 36.4 Å². The highest BCUT2D eigenvalue weighted by Crippen LogP contribution is 2.20. The standard InChI is InChI=1S/C28H31N7O6/c29-19(9-15-12-31-20-7-3-1-5-17(15)20)26(39)34-22(10-16-13-32-21-8-4-2-6-18(16)21)28(41)35-23(11-24(30)36)27(40)33-14-25(37)38/h1-8,12-13,19,22-23,31-32H,9-11,14,29H2,(H2,30,36)(H,33,40)(H,34,39)(H,35,41)(H,37,38). The van der Waals surface area contributed by atoms with Crippen LogP contribution in [0.3, 0.4) is 0 Å². The van der Waals surface area contributed by atoms with Crippen LogP contribution in [0.4, 0.5) is 0 Å². The van der Waals surface area contributed by atoms with Crippen LogP contribution in [0.2, 0.25) is 0 Å². The molecule has 4 aromatic rings. The smallest absolute Gasteiger partial charge is 0.322 e. The maximum Gasteiger partial charge on any atom is 0.322 e. The number of carboxylic acid groups (broad SMARTS) is 1. The van der Waals surface area contributed by atoms with E-state index in [2.05, 4.69) is 25.9 Å². The summed E-state index contributed by atoms with van der Waals surface area (Å²) in [5.41, 5.74) is 14.8. The monoisotopic (exact) mass is 561 g/mol. The number of carbonyl (C=O) groups is 5. The number of fused-ring (bicyclic) bond motifs is 2. The zero-order valence-corrected chi connectivity index (χ0v) is 22.0. The van der Waals surface area contributed by atoms with Gasteiger partial charge in [-0.05, 0) is 29.7 Å². The third kappa shape index (κ3) is 7.28. The highest BCUT2D eigenvalue weighted by Gasteiger charge is 2.30. The van der Waals surface area contributed by atoms with Gasteiger partial charge in [-0.25, -0.2) is 0 Å². The normalized spacial score (nSPS) is 13.3. The maximum absolute atomic E-state index is 13.5. The third-order valence-electron chi connectivity index (χ3n) is 6.64. The Bertz CT molecular complexity index is 1590. The van der Waals surface area contributed by atoms with Crippen molar-refractivity contribution < 1.29 is 29.1 Å². The van der Waals surface area contributed by atoms with Gasteiger partial charge in [-0.3, -0.25) is 24.0 Å². The van der Waals surface area contributed by atoms with Crippen molar-refractivity contribution in [2.45, 2.75) is 37.4 Å². The second-order valence-electron chi connectivity index (χ2n) is 9.64. The van der Waals surface area contributed by atoms with Crippen molar-refractivity contribution >= 4 is 51.4 Å². The first-order valence-electron chi connectivity index (χ1n) is 12.9. The van der Waals surface area contributed by atoms with Gasteiger partial charge in [0, 0.05) is 40.6 Å². The van der Waals surface area contributed by atoms with Crippen LogP contribution in [0, 0.1) is 0 Å². The molecule has 0 aliphatic heterocycles. The summed E-state index contributed by atoms with van der Waals surface area (Å²) in [6.45, 7) is -0.720. The van der Waals surface area contributed by atoms with Crippen LogP contribution in [0.1, 0.15) is 17.5 Å². The van der Waals surface area contributed by atoms with Crippen LogP contribution in [0.15, 0.2) is 60.9 Å². The lowest BCUT2D eigenvalue weighted by atomic mass is 10.0. The average molecular weight is 562 g/mol. The van der Waals surface area contributed by atoms with Gasteiger partial charge in [0.1, 0.15) is 18.6 Å². The number of nitrogens with one attached hydrogen (secondary N) is 5. The zero-order valence-electron chi connectivity index (χ0n) is 22.0. The molecule has 0 radical (unpaired) electrons. The topological polar surface area (TPSA) is 225 Å². The average Bonchev–Trinajstić information content (AvgIpc) is 3.54. The van der Waals surface area contributed by atoms with E-state index >= 15 is 0 Å². The van der Waals surface area contributed by atoms with Crippen molar-refractivity contribution in [2.75, 3.05) is 6.54 Å². The summed E-state index contributed by atoms with van der Waals surface area (Å²) in [6, 6.07) is 11.3. The molecule has 0 aliphatic rings. The lowest BCUT2D eigenvalue weighted by Gasteiger charge is -2.23. The van der Waals surface area contributed by atoms with Gasteiger partial charge in [-0.2, -0.15) is 0 Å². The Morgan fingerprint density at radius 2 is 1.29 bits per heavy atom. The molecule has 0 saturated heterocycles. The van der Waals surface area contributed by atoms with Gasteiger partial charge in [0.25, 0.3) is 0 Å². The van der Waals surface area contributed by atoms with Crippen molar-refractivity contribution in [3.05, 3.63) is 72.1 Å². The van der Waals surface area contributed by atoms with Crippen LogP contribution < -0.4 is 27.4 Å². The predicted molar refractivity (Wildman–Crippen MR) is 150 cm³/mol. The fourth-order valence-electron chi connectivity index (χ4n) is 4.61. The van der Waals surface area contributed by atoms with Crippen molar-refractivity contribution in [3.8, 4) is 0 Å². The van der Waals surface area contributed by atoms with Gasteiger partial charge in [0.15, 0.2) is 0 Å². The lowest BCUT2D eigenvalue weighted by molar-refractivity contribution is -0.138. The van der Waals surface area contributed by atoms with E-state index in [4.69, 9.17) is 16.6 Å². The van der Waals surface area contributed by atoms with E-state index in [1.165, 1.54) is 0 Å². The number of nitrogens with two attached hydrogens (primary N) is 2. The minimum Gasteiger partial charge on any atom is -0.480 e. The molecule has 2 aromatic heterocycles. The number of hydrogen-bond donors (Lipinski definition) is 8. The highest BCUT2D eigenvalue weighted by molar-refractivity contribution is 5.96. The lowest BCUT2D eigenvalue weighted by Crippen LogP contribution is -2.57. The van der Waals surface area contributed by atoms with E-state index < -0.39 is 60.7 Å². The number of aromatic amines is 2. The number of rotatable bonds is 13. The van der Waals surface area contributed by atoms with Crippen molar-refractivity contribution in [1.29, 1.82) is 0 Å². The van der Waals surface area contributed by atoms with Crippen LogP contribution in [-0.2, 0) is 36.8 Å². The molecule has 41 heavy (non-hydrogen) atoms. The molecule has 0 bridgehead atoms. The number of benzene rings is 2. The Balaban J connectivity index is 1.54. The minimum atomic E-state index is -1.46. The molecular weight excluding hydrogens is 530 g/mol. The van der Waals surface area contributed by atoms with Crippen LogP contribution in [-0.4, -0.2) is 69.3 Å². The van der Waals surface area contributed by atoms with Gasteiger partial charge >= 0.3 is 5.97 Å². The molecule has 13 heteroatoms. The molecule has 3 unspecified atom stereocenters. The van der Waals surface area contributed by atoms with Crippen LogP contribution in [0.5, 0.6) is 0 Å². The molecule has 0 aliphatic carbocycles. The minimum absolute atomic E-state index is 0.0292. The molecule has 10 N–H and O–H groups in total. The fraction of sp³-hybridized carbons (Fsp3) is 0.250. The first kappa shape index (κ1) is 28.8. The van der Waals surface area contributed by atoms with Crippen molar-refractivity contribution in [1.82, 2.24) is 25.9 Å². The molecule has 4 rings (SSSR count). The summed E-state index contributed by atoms with van der Waals surface area (Å²) < 4.78 is 0. The summed E-state index contributed by atoms with van der Waals surface area (Å²) >= 11 is 0. The quantitative estimate of drug-likeness (QED) is 0.110. The second-order valence-corrected chi connectivity index (χ2v) is 9.64. The van der Waals surface area contributed by atoms with Crippen LogP contribution >= 0.6 is 0 Å². The Morgan fingerprint density at radius 1 is 0.756 bits per heavy atom. The number of para-hydroxylation sites is 2. The van der Waals surface area contributed by atoms with E-state index in [1.54, 1.807) is 12.4 Å². The van der Waals surface area contributed by atoms with Gasteiger partial charge in [0.05, 0.1) is 12.5 Å². The van der Waals surface area contributed by atoms with E-state index in [1.807, 2.05) is 48.5 Å². The Hall–Kier alpha value is -5.17. The second kappa shape index (κ2) is 12.8. The molecule has 0 saturated carbocycles. The SMILES string of the molecule is NC(=O)CC(NC(=O)C(Cc1c[nH]c2ccccc12)NC(=O)C(N)Cc1c[nH]c2ccccc12)C(=O)NCC(=O)O. The Kier molecular flexibility index (Phi) is 8.99. The molecule has 2 aromatic carbocycles. The van der Waals surface area contributed by atoms with E-state index in [9.17, 15) is 24.0 Å². The summed E-state index contributed by atoms with van der Waals surface area (Å²) in [4.78, 5) is 68.0. The number of aromatic nitrogens is 2. The summed E-state index contributed by atoms with van der Waals surface area (Å²) in [7, 11) is 0. The molecule has 0 spiro atoms. The first-order valence-corrected chi connectivity index (χ1v) is 12.9. The van der Waals surface area contributed by atoms with Gasteiger partial charge in [-0.15, -0.1) is 0 Å². The number of H-pyrrole nitrogens is 2. The molecular formula is C28H31N7O6. The number of aliphatic carboxylic acids is 1. The number of hydrogen-bond acceptors (Lipinski definition) is 6. The fourth-order valence-corrected chi connectivity index (χ4v) is 4.61. The summed E-state index contributed by atoms with van der Waals surface area (Å²) in [5, 5.41) is 17.9. The van der Waals surface area contributed by atoms with Crippen molar-refractivity contribution in [2.24, 2.45) is 11.5 Å². The molecule has 0 fully saturated rings. The first-order chi connectivity index (χ1) is 19.6. The van der Waals surface area contributed by atoms with Gasteiger partial charge < -0.3 is 42.5 Å². The number of amides is 4. The molecule has 2 heterocycles. The number of primary amides is 1. The maximum atomic E-state index is 13.5.